The van der Waals surface area contributed by atoms with Gasteiger partial charge in [-0.25, -0.2) is 9.97 Å². The zero-order chi connectivity index (χ0) is 26.7. The van der Waals surface area contributed by atoms with Crippen molar-refractivity contribution in [2.75, 3.05) is 18.1 Å². The van der Waals surface area contributed by atoms with E-state index in [4.69, 9.17) is 10.1 Å². The molecule has 10 nitrogen and oxygen atoms in total. The molecule has 6 aromatic rings. The summed E-state index contributed by atoms with van der Waals surface area (Å²) in [5.74, 6) is 0.590. The van der Waals surface area contributed by atoms with Crippen molar-refractivity contribution >= 4 is 44.4 Å². The van der Waals surface area contributed by atoms with Gasteiger partial charge in [0.05, 0.1) is 24.9 Å². The second kappa shape index (κ2) is 8.73. The average molecular weight is 520 g/mol. The molecule has 7 rings (SSSR count). The third kappa shape index (κ3) is 3.63. The number of phenols is 1. The van der Waals surface area contributed by atoms with Crippen molar-refractivity contribution in [3.05, 3.63) is 84.0 Å². The maximum Gasteiger partial charge on any atom is 0.274 e. The summed E-state index contributed by atoms with van der Waals surface area (Å²) >= 11 is 0. The van der Waals surface area contributed by atoms with E-state index in [0.717, 1.165) is 33.0 Å². The molecule has 0 saturated heterocycles. The lowest BCUT2D eigenvalue weighted by molar-refractivity contribution is 0.0984. The minimum atomic E-state index is -0.183. The number of fused-ring (bicyclic) bond motifs is 5. The number of nitrogens with one attached hydrogen (secondary N) is 3. The normalized spacial score (nSPS) is 14.9. The van der Waals surface area contributed by atoms with E-state index >= 15 is 0 Å². The largest absolute Gasteiger partial charge is 0.507 e. The van der Waals surface area contributed by atoms with Gasteiger partial charge in [0.25, 0.3) is 5.91 Å². The highest BCUT2D eigenvalue weighted by Crippen LogP contribution is 2.46. The summed E-state index contributed by atoms with van der Waals surface area (Å²) in [6.07, 6.45) is 3.17. The summed E-state index contributed by atoms with van der Waals surface area (Å²) in [5.41, 5.74) is 4.28. The Morgan fingerprint density at radius 1 is 1.15 bits per heavy atom. The number of carbonyl (C=O) groups is 1. The molecule has 3 aromatic heterocycles. The van der Waals surface area contributed by atoms with Crippen molar-refractivity contribution in [3.8, 4) is 11.5 Å². The lowest BCUT2D eigenvalue weighted by atomic mass is 9.94. The van der Waals surface area contributed by atoms with E-state index in [1.165, 1.54) is 0 Å². The van der Waals surface area contributed by atoms with Crippen LogP contribution in [0.1, 0.15) is 28.9 Å². The zero-order valence-corrected chi connectivity index (χ0v) is 21.1. The van der Waals surface area contributed by atoms with Crippen LogP contribution in [0.2, 0.25) is 0 Å². The fourth-order valence-electron chi connectivity index (χ4n) is 5.69. The number of imidazole rings is 1. The van der Waals surface area contributed by atoms with E-state index < -0.39 is 0 Å². The number of aromatic hydroxyl groups is 1. The van der Waals surface area contributed by atoms with Crippen LogP contribution in [0.4, 0.5) is 5.69 Å². The van der Waals surface area contributed by atoms with E-state index in [1.54, 1.807) is 23.6 Å². The average Bonchev–Trinajstić information content (AvgIpc) is 3.68. The summed E-state index contributed by atoms with van der Waals surface area (Å²) in [7, 11) is 0. The minimum absolute atomic E-state index is 0.105. The third-order valence-electron chi connectivity index (χ3n) is 7.39. The van der Waals surface area contributed by atoms with Crippen molar-refractivity contribution in [2.45, 2.75) is 19.4 Å². The smallest absolute Gasteiger partial charge is 0.274 e. The number of amides is 1. The molecular formula is C29H25N7O3. The van der Waals surface area contributed by atoms with Crippen molar-refractivity contribution in [2.24, 2.45) is 0 Å². The number of phenolic OH excluding ortho intramolecular Hbond substituents is 1. The Kier molecular flexibility index (Phi) is 5.15. The Bertz CT molecular complexity index is 1970. The highest BCUT2D eigenvalue weighted by Gasteiger charge is 2.36. The maximum absolute atomic E-state index is 14.0. The van der Waals surface area contributed by atoms with Crippen molar-refractivity contribution in [1.29, 1.82) is 5.41 Å². The molecule has 1 aliphatic rings. The van der Waals surface area contributed by atoms with E-state index in [9.17, 15) is 9.90 Å². The fourth-order valence-corrected chi connectivity index (χ4v) is 5.69. The van der Waals surface area contributed by atoms with Crippen LogP contribution in [-0.4, -0.2) is 48.7 Å². The molecule has 0 bridgehead atoms. The number of ether oxygens (including phenoxy) is 1. The molecule has 1 aliphatic heterocycles. The molecule has 1 amide bonds. The van der Waals surface area contributed by atoms with Gasteiger partial charge < -0.3 is 29.3 Å². The number of aromatic amines is 2. The number of hydrogen-bond acceptors (Lipinski definition) is 6. The first-order valence-corrected chi connectivity index (χ1v) is 12.8. The monoisotopic (exact) mass is 519 g/mol. The molecule has 39 heavy (non-hydrogen) atoms. The molecule has 0 unspecified atom stereocenters. The van der Waals surface area contributed by atoms with Gasteiger partial charge in [-0.2, -0.15) is 0 Å². The first-order chi connectivity index (χ1) is 19.0. The molecule has 0 fully saturated rings. The van der Waals surface area contributed by atoms with Crippen molar-refractivity contribution in [1.82, 2.24) is 24.5 Å². The van der Waals surface area contributed by atoms with Gasteiger partial charge in [0.15, 0.2) is 11.1 Å². The van der Waals surface area contributed by atoms with Crippen LogP contribution in [0.3, 0.4) is 0 Å². The molecule has 0 spiro atoms. The number of rotatable bonds is 5. The predicted octanol–water partition coefficient (Wildman–Crippen LogP) is 4.42. The minimum Gasteiger partial charge on any atom is -0.507 e. The number of carbonyl (C=O) groups excluding carboxylic acids is 1. The molecule has 0 aliphatic carbocycles. The first kappa shape index (κ1) is 23.0. The van der Waals surface area contributed by atoms with E-state index in [0.29, 0.717) is 42.2 Å². The molecule has 1 atom stereocenters. The molecule has 0 saturated carbocycles. The lowest BCUT2D eigenvalue weighted by Crippen LogP contribution is -2.31. The quantitative estimate of drug-likeness (QED) is 0.267. The summed E-state index contributed by atoms with van der Waals surface area (Å²) in [4.78, 5) is 30.6. The Hall–Kier alpha value is -5.12. The maximum atomic E-state index is 14.0. The molecule has 3 aromatic carbocycles. The number of H-pyrrole nitrogens is 2. The van der Waals surface area contributed by atoms with Gasteiger partial charge >= 0.3 is 0 Å². The van der Waals surface area contributed by atoms with Gasteiger partial charge in [0.2, 0.25) is 0 Å². The predicted molar refractivity (Wildman–Crippen MR) is 147 cm³/mol. The molecule has 0 radical (unpaired) electrons. The van der Waals surface area contributed by atoms with Crippen LogP contribution in [0.25, 0.3) is 32.8 Å². The molecular weight excluding hydrogens is 494 g/mol. The number of aromatic nitrogens is 5. The Labute approximate surface area is 222 Å². The summed E-state index contributed by atoms with van der Waals surface area (Å²) in [6, 6.07) is 16.9. The second-order valence-electron chi connectivity index (χ2n) is 9.70. The van der Waals surface area contributed by atoms with Gasteiger partial charge in [-0.15, -0.1) is 0 Å². The summed E-state index contributed by atoms with van der Waals surface area (Å²) in [5, 5.41) is 21.5. The molecule has 4 N–H and O–H groups in total. The van der Waals surface area contributed by atoms with Gasteiger partial charge in [-0.05, 0) is 42.1 Å². The van der Waals surface area contributed by atoms with Gasteiger partial charge in [0.1, 0.15) is 22.7 Å². The van der Waals surface area contributed by atoms with Gasteiger partial charge in [-0.1, -0.05) is 24.3 Å². The standard InChI is InChI=1S/C29H25N7O3/c1-2-39-18-7-8-21-16(9-18)10-22(34-21)29(38)36-13-17(12-35-15-33-27(30)26-28(35)32-14-31-26)25-20-6-4-3-5-19(20)24(37)11-23(25)36/h3-11,14-15,17,30,34,37H,2,12-13H2,1H3,(H,31,32)/t17-/m1/s1. The highest BCUT2D eigenvalue weighted by atomic mass is 16.5. The van der Waals surface area contributed by atoms with Gasteiger partial charge in [-0.3, -0.25) is 10.2 Å². The number of benzene rings is 3. The van der Waals surface area contributed by atoms with Crippen molar-refractivity contribution < 1.29 is 14.6 Å². The van der Waals surface area contributed by atoms with Crippen LogP contribution >= 0.6 is 0 Å². The Morgan fingerprint density at radius 2 is 2.00 bits per heavy atom. The van der Waals surface area contributed by atoms with Crippen LogP contribution in [0.15, 0.2) is 67.3 Å². The zero-order valence-electron chi connectivity index (χ0n) is 21.1. The number of nitrogens with zero attached hydrogens (tertiary/aromatic N) is 4. The molecule has 194 valence electrons. The summed E-state index contributed by atoms with van der Waals surface area (Å²) < 4.78 is 7.53. The SMILES string of the molecule is CCOc1ccc2[nH]c(C(=O)N3C[C@@H](Cn4cnc(=N)c5[nH]cnc54)c4c3cc(O)c3ccccc43)cc2c1. The fraction of sp³-hybridized carbons (Fsp3) is 0.172. The number of anilines is 1. The Balaban J connectivity index is 1.33. The topological polar surface area (TPSA) is 136 Å². The van der Waals surface area contributed by atoms with E-state index in [-0.39, 0.29) is 23.1 Å². The number of hydrogen-bond donors (Lipinski definition) is 4. The van der Waals surface area contributed by atoms with Crippen LogP contribution in [0, 0.1) is 5.41 Å². The Morgan fingerprint density at radius 3 is 2.85 bits per heavy atom. The third-order valence-corrected chi connectivity index (χ3v) is 7.39. The van der Waals surface area contributed by atoms with Crippen LogP contribution < -0.4 is 15.1 Å². The van der Waals surface area contributed by atoms with Crippen molar-refractivity contribution in [3.63, 3.8) is 0 Å². The van der Waals surface area contributed by atoms with E-state index in [1.807, 2.05) is 60.0 Å². The molecule has 4 heterocycles. The molecule has 10 heteroatoms. The van der Waals surface area contributed by atoms with Gasteiger partial charge in [0, 0.05) is 41.4 Å². The first-order valence-electron chi connectivity index (χ1n) is 12.8. The summed E-state index contributed by atoms with van der Waals surface area (Å²) in [6.45, 7) is 3.39. The van der Waals surface area contributed by atoms with Crippen LogP contribution in [-0.2, 0) is 6.54 Å². The highest BCUT2D eigenvalue weighted by molar-refractivity contribution is 6.11. The lowest BCUT2D eigenvalue weighted by Gasteiger charge is -2.18. The second-order valence-corrected chi connectivity index (χ2v) is 9.70. The van der Waals surface area contributed by atoms with E-state index in [2.05, 4.69) is 19.9 Å². The van der Waals surface area contributed by atoms with Crippen LogP contribution in [0.5, 0.6) is 11.5 Å².